The highest BCUT2D eigenvalue weighted by Crippen LogP contribution is 2.45. The first-order valence-corrected chi connectivity index (χ1v) is 14.5. The van der Waals surface area contributed by atoms with Gasteiger partial charge in [-0.05, 0) is 38.1 Å². The average molecular weight is 803 g/mol. The van der Waals surface area contributed by atoms with Crippen molar-refractivity contribution in [3.8, 4) is 17.2 Å². The lowest BCUT2D eigenvalue weighted by atomic mass is 10.1. The standard InChI is InChI=1S/C30H29F15O8/c1-23(2,31)29(42,43)52-25(34,27(36,37)38)16-47-9-11-49-20-13-18(22(46)51-19-7-5-4-6-8-19)14-21(15-20)50-12-10-48-17-26(35,28(39,40)41)53-30(44,45)24(3,32)33/h4-8,13-15H,9-12,16-17H2,1-3H3. The van der Waals surface area contributed by atoms with Crippen molar-refractivity contribution in [2.45, 2.75) is 68.6 Å². The van der Waals surface area contributed by atoms with Crippen LogP contribution in [0, 0.1) is 0 Å². The zero-order chi connectivity index (χ0) is 40.7. The summed E-state index contributed by atoms with van der Waals surface area (Å²) in [5.74, 6) is -17.7. The van der Waals surface area contributed by atoms with Crippen molar-refractivity contribution < 1.29 is 104 Å². The van der Waals surface area contributed by atoms with Gasteiger partial charge in [0.05, 0.1) is 18.8 Å². The van der Waals surface area contributed by atoms with E-state index in [1.807, 2.05) is 0 Å². The summed E-state index contributed by atoms with van der Waals surface area (Å²) in [6, 6.07) is 10.1. The molecule has 0 aliphatic rings. The van der Waals surface area contributed by atoms with E-state index in [0.29, 0.717) is 0 Å². The first-order valence-electron chi connectivity index (χ1n) is 14.5. The number of para-hydroxylation sites is 1. The van der Waals surface area contributed by atoms with Gasteiger partial charge in [0.2, 0.25) is 0 Å². The Morgan fingerprint density at radius 1 is 0.547 bits per heavy atom. The Bertz CT molecular complexity index is 1400. The fourth-order valence-electron chi connectivity index (χ4n) is 3.31. The molecule has 2 aromatic carbocycles. The van der Waals surface area contributed by atoms with Crippen molar-refractivity contribution in [1.82, 2.24) is 0 Å². The lowest BCUT2D eigenvalue weighted by molar-refractivity contribution is -0.453. The first-order chi connectivity index (χ1) is 23.9. The van der Waals surface area contributed by atoms with Gasteiger partial charge in [-0.15, -0.1) is 0 Å². The molecule has 2 unspecified atom stereocenters. The molecule has 0 aromatic heterocycles. The zero-order valence-electron chi connectivity index (χ0n) is 27.3. The van der Waals surface area contributed by atoms with Gasteiger partial charge in [-0.1, -0.05) is 18.2 Å². The molecule has 2 atom stereocenters. The number of ether oxygens (including phenoxy) is 7. The third-order valence-electron chi connectivity index (χ3n) is 6.27. The molecule has 0 amide bonds. The maximum Gasteiger partial charge on any atom is 0.451 e. The number of hydrogen-bond acceptors (Lipinski definition) is 8. The fraction of sp³-hybridized carbons (Fsp3) is 0.567. The van der Waals surface area contributed by atoms with Gasteiger partial charge in [0.1, 0.15) is 43.7 Å². The van der Waals surface area contributed by atoms with Gasteiger partial charge in [0.25, 0.3) is 0 Å². The van der Waals surface area contributed by atoms with Gasteiger partial charge in [0, 0.05) is 13.0 Å². The molecule has 0 aliphatic heterocycles. The van der Waals surface area contributed by atoms with E-state index < -0.39 is 106 Å². The van der Waals surface area contributed by atoms with Crippen molar-refractivity contribution in [2.24, 2.45) is 0 Å². The summed E-state index contributed by atoms with van der Waals surface area (Å²) in [7, 11) is 0. The third-order valence-corrected chi connectivity index (χ3v) is 6.27. The number of carbonyl (C=O) groups excluding carboxylic acids is 1. The van der Waals surface area contributed by atoms with Crippen LogP contribution in [-0.4, -0.2) is 93.5 Å². The Kier molecular flexibility index (Phi) is 14.4. The first kappa shape index (κ1) is 45.5. The smallest absolute Gasteiger partial charge is 0.451 e. The number of hydrogen-bond donors (Lipinski definition) is 0. The molecule has 8 nitrogen and oxygen atoms in total. The van der Waals surface area contributed by atoms with Crippen LogP contribution in [0.15, 0.2) is 48.5 Å². The second-order valence-corrected chi connectivity index (χ2v) is 11.2. The summed E-state index contributed by atoms with van der Waals surface area (Å²) < 4.78 is 232. The summed E-state index contributed by atoms with van der Waals surface area (Å²) in [6.45, 7) is -8.51. The average Bonchev–Trinajstić information content (AvgIpc) is 2.98. The van der Waals surface area contributed by atoms with Crippen molar-refractivity contribution >= 4 is 5.97 Å². The number of alkyl halides is 15. The maximum atomic E-state index is 14.5. The molecule has 53 heavy (non-hydrogen) atoms. The SMILES string of the molecule is CC(C)(F)C(F)(F)OC(F)(COCCOc1cc(OCCOCC(F)(OC(F)(F)C(C)(F)F)C(F)(F)F)cc(C(=O)Oc2ccccc2)c1)C(F)(F)F. The van der Waals surface area contributed by atoms with Gasteiger partial charge in [0.15, 0.2) is 5.67 Å². The Morgan fingerprint density at radius 2 is 0.962 bits per heavy atom. The number of rotatable bonds is 20. The van der Waals surface area contributed by atoms with Crippen LogP contribution in [0.25, 0.3) is 0 Å². The highest BCUT2D eigenvalue weighted by molar-refractivity contribution is 5.92. The molecule has 2 rings (SSSR count). The zero-order valence-corrected chi connectivity index (χ0v) is 27.3. The second kappa shape index (κ2) is 16.8. The van der Waals surface area contributed by atoms with Crippen molar-refractivity contribution in [2.75, 3.05) is 39.6 Å². The molecule has 0 N–H and O–H groups in total. The third kappa shape index (κ3) is 12.7. The Hall–Kier alpha value is -3.70. The van der Waals surface area contributed by atoms with Gasteiger partial charge >= 0.3 is 48.2 Å². The molecule has 0 bridgehead atoms. The molecule has 302 valence electrons. The van der Waals surface area contributed by atoms with Gasteiger partial charge in [-0.2, -0.15) is 61.5 Å². The molecule has 23 heteroatoms. The summed E-state index contributed by atoms with van der Waals surface area (Å²) in [5, 5.41) is 0. The number of esters is 1. The van der Waals surface area contributed by atoms with Crippen molar-refractivity contribution in [1.29, 1.82) is 0 Å². The fourth-order valence-corrected chi connectivity index (χ4v) is 3.31. The number of benzene rings is 2. The summed E-state index contributed by atoms with van der Waals surface area (Å²) in [5.41, 5.74) is -4.14. The van der Waals surface area contributed by atoms with Crippen LogP contribution in [0.2, 0.25) is 0 Å². The minimum absolute atomic E-state index is 0.0180. The van der Waals surface area contributed by atoms with E-state index in [9.17, 15) is 70.7 Å². The maximum absolute atomic E-state index is 14.5. The van der Waals surface area contributed by atoms with Crippen molar-refractivity contribution in [3.05, 3.63) is 54.1 Å². The monoisotopic (exact) mass is 802 g/mol. The van der Waals surface area contributed by atoms with E-state index in [1.165, 1.54) is 24.3 Å². The molecule has 0 saturated carbocycles. The van der Waals surface area contributed by atoms with Gasteiger partial charge < -0.3 is 23.7 Å². The Balaban J connectivity index is 2.15. The minimum atomic E-state index is -6.28. The Morgan fingerprint density at radius 3 is 1.34 bits per heavy atom. The predicted octanol–water partition coefficient (Wildman–Crippen LogP) is 8.77. The molecule has 0 aliphatic carbocycles. The highest BCUT2D eigenvalue weighted by Gasteiger charge is 2.68. The van der Waals surface area contributed by atoms with E-state index in [1.54, 1.807) is 6.07 Å². The molecular formula is C30H29F15O8. The van der Waals surface area contributed by atoms with E-state index in [2.05, 4.69) is 18.9 Å². The molecule has 0 spiro atoms. The van der Waals surface area contributed by atoms with E-state index >= 15 is 0 Å². The Labute approximate surface area is 289 Å². The summed E-state index contributed by atoms with van der Waals surface area (Å²) in [6.07, 6.45) is -23.6. The lowest BCUT2D eigenvalue weighted by Gasteiger charge is -2.34. The van der Waals surface area contributed by atoms with E-state index in [0.717, 1.165) is 18.2 Å². The van der Waals surface area contributed by atoms with Crippen LogP contribution in [0.3, 0.4) is 0 Å². The van der Waals surface area contributed by atoms with Crippen LogP contribution < -0.4 is 14.2 Å². The molecule has 0 saturated heterocycles. The molecule has 0 fully saturated rings. The largest absolute Gasteiger partial charge is 0.491 e. The summed E-state index contributed by atoms with van der Waals surface area (Å²) >= 11 is 0. The highest BCUT2D eigenvalue weighted by atomic mass is 19.4. The van der Waals surface area contributed by atoms with Crippen LogP contribution in [0.5, 0.6) is 17.2 Å². The van der Waals surface area contributed by atoms with Crippen LogP contribution in [-0.2, 0) is 18.9 Å². The van der Waals surface area contributed by atoms with Crippen molar-refractivity contribution in [3.63, 3.8) is 0 Å². The normalized spacial score (nSPS) is 15.7. The molecule has 0 radical (unpaired) electrons. The summed E-state index contributed by atoms with van der Waals surface area (Å²) in [4.78, 5) is 12.7. The second-order valence-electron chi connectivity index (χ2n) is 11.2. The number of carbonyl (C=O) groups is 1. The number of halogens is 15. The van der Waals surface area contributed by atoms with E-state index in [4.69, 9.17) is 14.2 Å². The predicted molar refractivity (Wildman–Crippen MR) is 148 cm³/mol. The van der Waals surface area contributed by atoms with Gasteiger partial charge in [-0.3, -0.25) is 9.47 Å². The van der Waals surface area contributed by atoms with Crippen LogP contribution in [0.4, 0.5) is 65.9 Å². The lowest BCUT2D eigenvalue weighted by Crippen LogP contribution is -2.56. The molecule has 0 heterocycles. The molecule has 2 aromatic rings. The van der Waals surface area contributed by atoms with Crippen LogP contribution >= 0.6 is 0 Å². The van der Waals surface area contributed by atoms with Crippen LogP contribution in [0.1, 0.15) is 31.1 Å². The van der Waals surface area contributed by atoms with Gasteiger partial charge in [-0.25, -0.2) is 9.18 Å². The quantitative estimate of drug-likeness (QED) is 0.0570. The minimum Gasteiger partial charge on any atom is -0.491 e. The molecular weight excluding hydrogens is 773 g/mol. The topological polar surface area (TPSA) is 81.7 Å². The van der Waals surface area contributed by atoms with E-state index in [-0.39, 0.29) is 30.9 Å².